The van der Waals surface area contributed by atoms with Crippen molar-refractivity contribution >= 4 is 5.91 Å². The molecule has 2 aliphatic rings. The van der Waals surface area contributed by atoms with Crippen molar-refractivity contribution < 1.29 is 4.79 Å². The summed E-state index contributed by atoms with van der Waals surface area (Å²) in [6.45, 7) is 0.806. The Morgan fingerprint density at radius 3 is 2.69 bits per heavy atom. The molecule has 1 aromatic rings. The van der Waals surface area contributed by atoms with Crippen LogP contribution < -0.4 is 0 Å². The van der Waals surface area contributed by atoms with Gasteiger partial charge in [0.1, 0.15) is 0 Å². The number of likely N-dealkylation sites (tertiary alicyclic amines) is 1. The minimum atomic E-state index is 0.359. The van der Waals surface area contributed by atoms with E-state index in [2.05, 4.69) is 17.0 Å². The van der Waals surface area contributed by atoms with Crippen molar-refractivity contribution in [2.75, 3.05) is 0 Å². The summed E-state index contributed by atoms with van der Waals surface area (Å²) in [6.07, 6.45) is 4.86. The van der Waals surface area contributed by atoms with Crippen LogP contribution in [0.15, 0.2) is 30.3 Å². The Morgan fingerprint density at radius 1 is 1.12 bits per heavy atom. The van der Waals surface area contributed by atoms with Gasteiger partial charge < -0.3 is 4.90 Å². The van der Waals surface area contributed by atoms with Crippen LogP contribution in [0.4, 0.5) is 0 Å². The largest absolute Gasteiger partial charge is 0.334 e. The Morgan fingerprint density at radius 2 is 1.88 bits per heavy atom. The van der Waals surface area contributed by atoms with Crippen LogP contribution in [0.25, 0.3) is 0 Å². The third-order valence-electron chi connectivity index (χ3n) is 3.93. The zero-order chi connectivity index (χ0) is 11.0. The average Bonchev–Trinajstić information content (AvgIpc) is 2.37. The Hall–Kier alpha value is -1.31. The summed E-state index contributed by atoms with van der Waals surface area (Å²) in [4.78, 5) is 14.0. The first kappa shape index (κ1) is 9.88. The lowest BCUT2D eigenvalue weighted by atomic mass is 9.76. The van der Waals surface area contributed by atoms with Gasteiger partial charge in [0.25, 0.3) is 0 Å². The van der Waals surface area contributed by atoms with Crippen LogP contribution in [-0.2, 0) is 11.3 Å². The molecule has 0 N–H and O–H groups in total. The molecule has 0 aromatic heterocycles. The first-order valence-electron chi connectivity index (χ1n) is 6.20. The number of hydrogen-bond donors (Lipinski definition) is 0. The highest BCUT2D eigenvalue weighted by molar-refractivity contribution is 5.86. The highest BCUT2D eigenvalue weighted by atomic mass is 16.2. The van der Waals surface area contributed by atoms with Crippen molar-refractivity contribution in [2.45, 2.75) is 38.3 Å². The standard InChI is InChI=1S/C14H17NO/c16-14-12-8-4-5-9-13(12)15(14)10-11-6-2-1-3-7-11/h1-3,6-7,12-13H,4-5,8-10H2/t12-,13+/m0/s1. The van der Waals surface area contributed by atoms with E-state index < -0.39 is 0 Å². The number of amides is 1. The molecule has 1 aliphatic heterocycles. The summed E-state index contributed by atoms with van der Waals surface area (Å²) in [5.41, 5.74) is 1.25. The number of β-lactam (4-membered cyclic amide) rings is 1. The van der Waals surface area contributed by atoms with Gasteiger partial charge in [0.2, 0.25) is 5.91 Å². The third-order valence-corrected chi connectivity index (χ3v) is 3.93. The minimum absolute atomic E-state index is 0.359. The molecule has 2 fully saturated rings. The molecule has 0 spiro atoms. The normalized spacial score (nSPS) is 28.5. The lowest BCUT2D eigenvalue weighted by molar-refractivity contribution is -0.160. The molecule has 3 rings (SSSR count). The first-order valence-corrected chi connectivity index (χ1v) is 6.20. The molecule has 1 heterocycles. The summed E-state index contributed by atoms with van der Waals surface area (Å²) in [5.74, 6) is 0.742. The SMILES string of the molecule is O=C1[C@H]2CCCC[C@H]2N1Cc1ccccc1. The van der Waals surface area contributed by atoms with Crippen LogP contribution >= 0.6 is 0 Å². The van der Waals surface area contributed by atoms with Crippen molar-refractivity contribution in [3.63, 3.8) is 0 Å². The molecule has 0 bridgehead atoms. The number of hydrogen-bond acceptors (Lipinski definition) is 1. The van der Waals surface area contributed by atoms with Gasteiger partial charge in [-0.15, -0.1) is 0 Å². The molecule has 84 valence electrons. The van der Waals surface area contributed by atoms with Gasteiger partial charge in [-0.1, -0.05) is 43.2 Å². The zero-order valence-corrected chi connectivity index (χ0v) is 9.43. The molecule has 1 aliphatic carbocycles. The lowest BCUT2D eigenvalue weighted by Crippen LogP contribution is -2.61. The van der Waals surface area contributed by atoms with E-state index in [9.17, 15) is 4.79 Å². The van der Waals surface area contributed by atoms with E-state index >= 15 is 0 Å². The number of nitrogens with zero attached hydrogens (tertiary/aromatic N) is 1. The molecule has 16 heavy (non-hydrogen) atoms. The minimum Gasteiger partial charge on any atom is -0.334 e. The molecular weight excluding hydrogens is 198 g/mol. The molecule has 0 unspecified atom stereocenters. The average molecular weight is 215 g/mol. The van der Waals surface area contributed by atoms with Crippen LogP contribution in [0, 0.1) is 5.92 Å². The van der Waals surface area contributed by atoms with Crippen LogP contribution in [-0.4, -0.2) is 16.8 Å². The van der Waals surface area contributed by atoms with Crippen molar-refractivity contribution in [1.82, 2.24) is 4.90 Å². The number of rotatable bonds is 2. The smallest absolute Gasteiger partial charge is 0.228 e. The maximum atomic E-state index is 11.9. The fraction of sp³-hybridized carbons (Fsp3) is 0.500. The maximum absolute atomic E-state index is 11.9. The predicted octanol–water partition coefficient (Wildman–Crippen LogP) is 2.59. The number of benzene rings is 1. The highest BCUT2D eigenvalue weighted by Gasteiger charge is 2.47. The van der Waals surface area contributed by atoms with Gasteiger partial charge >= 0.3 is 0 Å². The fourth-order valence-corrected chi connectivity index (χ4v) is 3.04. The van der Waals surface area contributed by atoms with E-state index in [4.69, 9.17) is 0 Å². The second-order valence-corrected chi connectivity index (χ2v) is 4.91. The van der Waals surface area contributed by atoms with Crippen molar-refractivity contribution in [3.8, 4) is 0 Å². The molecule has 0 radical (unpaired) electrons. The summed E-state index contributed by atoms with van der Waals surface area (Å²) >= 11 is 0. The van der Waals surface area contributed by atoms with Gasteiger partial charge in [-0.05, 0) is 18.4 Å². The van der Waals surface area contributed by atoms with E-state index in [0.29, 0.717) is 17.9 Å². The van der Waals surface area contributed by atoms with Crippen LogP contribution in [0.3, 0.4) is 0 Å². The Balaban J connectivity index is 1.70. The summed E-state index contributed by atoms with van der Waals surface area (Å²) < 4.78 is 0. The molecular formula is C14H17NO. The predicted molar refractivity (Wildman–Crippen MR) is 62.7 cm³/mol. The van der Waals surface area contributed by atoms with Crippen molar-refractivity contribution in [2.24, 2.45) is 5.92 Å². The molecule has 1 saturated heterocycles. The Bertz CT molecular complexity index is 387. The van der Waals surface area contributed by atoms with Gasteiger partial charge in [0, 0.05) is 12.6 Å². The van der Waals surface area contributed by atoms with Gasteiger partial charge in [-0.3, -0.25) is 4.79 Å². The molecule has 2 atom stereocenters. The Labute approximate surface area is 96.3 Å². The molecule has 1 amide bonds. The summed E-state index contributed by atoms with van der Waals surface area (Å²) in [6, 6.07) is 10.8. The topological polar surface area (TPSA) is 20.3 Å². The molecule has 2 heteroatoms. The van der Waals surface area contributed by atoms with Gasteiger partial charge in [0.15, 0.2) is 0 Å². The van der Waals surface area contributed by atoms with E-state index in [1.54, 1.807) is 0 Å². The maximum Gasteiger partial charge on any atom is 0.228 e. The fourth-order valence-electron chi connectivity index (χ4n) is 3.04. The monoisotopic (exact) mass is 215 g/mol. The molecule has 2 nitrogen and oxygen atoms in total. The lowest BCUT2D eigenvalue weighted by Gasteiger charge is -2.50. The number of carbonyl (C=O) groups excluding carboxylic acids is 1. The first-order chi connectivity index (χ1) is 7.86. The zero-order valence-electron chi connectivity index (χ0n) is 9.43. The van der Waals surface area contributed by atoms with Gasteiger partial charge in [-0.2, -0.15) is 0 Å². The van der Waals surface area contributed by atoms with Crippen molar-refractivity contribution in [1.29, 1.82) is 0 Å². The highest BCUT2D eigenvalue weighted by Crippen LogP contribution is 2.39. The second-order valence-electron chi connectivity index (χ2n) is 4.91. The summed E-state index contributed by atoms with van der Waals surface area (Å²) in [5, 5.41) is 0. The van der Waals surface area contributed by atoms with E-state index in [0.717, 1.165) is 13.0 Å². The quantitative estimate of drug-likeness (QED) is 0.694. The van der Waals surface area contributed by atoms with E-state index in [1.807, 2.05) is 18.2 Å². The second kappa shape index (κ2) is 3.93. The van der Waals surface area contributed by atoms with Crippen LogP contribution in [0.5, 0.6) is 0 Å². The summed E-state index contributed by atoms with van der Waals surface area (Å²) in [7, 11) is 0. The third kappa shape index (κ3) is 1.53. The van der Waals surface area contributed by atoms with Crippen LogP contribution in [0.2, 0.25) is 0 Å². The van der Waals surface area contributed by atoms with E-state index in [1.165, 1.54) is 24.8 Å². The number of fused-ring (bicyclic) bond motifs is 1. The van der Waals surface area contributed by atoms with E-state index in [-0.39, 0.29) is 0 Å². The number of carbonyl (C=O) groups is 1. The molecule has 1 aromatic carbocycles. The van der Waals surface area contributed by atoms with Crippen molar-refractivity contribution in [3.05, 3.63) is 35.9 Å². The van der Waals surface area contributed by atoms with Gasteiger partial charge in [-0.25, -0.2) is 0 Å². The van der Waals surface area contributed by atoms with Crippen LogP contribution in [0.1, 0.15) is 31.2 Å². The Kier molecular flexibility index (Phi) is 2.43. The van der Waals surface area contributed by atoms with Gasteiger partial charge in [0.05, 0.1) is 5.92 Å². The molecule has 1 saturated carbocycles.